The quantitative estimate of drug-likeness (QED) is 0.523. The van der Waals surface area contributed by atoms with Gasteiger partial charge in [-0.05, 0) is 6.42 Å². The molecule has 0 aromatic carbocycles. The third-order valence-electron chi connectivity index (χ3n) is 2.00. The van der Waals surface area contributed by atoms with Gasteiger partial charge in [-0.3, -0.25) is 4.79 Å². The molecule has 0 saturated heterocycles. The molecule has 1 atom stereocenters. The van der Waals surface area contributed by atoms with E-state index in [1.165, 1.54) is 0 Å². The summed E-state index contributed by atoms with van der Waals surface area (Å²) in [4.78, 5) is 11.3. The summed E-state index contributed by atoms with van der Waals surface area (Å²) in [5.74, 6) is -0.103. The highest BCUT2D eigenvalue weighted by Gasteiger charge is 2.08. The Kier molecular flexibility index (Phi) is 9.46. The highest BCUT2D eigenvalue weighted by molar-refractivity contribution is 5.78. The fourth-order valence-electron chi connectivity index (χ4n) is 0.911. The Balaban J connectivity index is 3.20. The predicted molar refractivity (Wildman–Crippen MR) is 58.5 cm³/mol. The first-order valence-corrected chi connectivity index (χ1v) is 5.26. The van der Waals surface area contributed by atoms with Gasteiger partial charge in [-0.1, -0.05) is 6.92 Å². The number of rotatable bonds is 9. The predicted octanol–water partition coefficient (Wildman–Crippen LogP) is -0.249. The van der Waals surface area contributed by atoms with Gasteiger partial charge < -0.3 is 20.5 Å². The summed E-state index contributed by atoms with van der Waals surface area (Å²) in [6.07, 6.45) is 0.812. The molecule has 0 saturated carbocycles. The molecule has 0 fully saturated rings. The monoisotopic (exact) mass is 218 g/mol. The average Bonchev–Trinajstić information content (AvgIpc) is 2.26. The summed E-state index contributed by atoms with van der Waals surface area (Å²) < 4.78 is 10.1. The number of carbonyl (C=O) groups is 1. The number of ether oxygens (including phenoxy) is 2. The van der Waals surface area contributed by atoms with Crippen LogP contribution >= 0.6 is 0 Å². The first-order valence-electron chi connectivity index (χ1n) is 5.26. The lowest BCUT2D eigenvalue weighted by Gasteiger charge is -2.09. The molecule has 0 radical (unpaired) electrons. The van der Waals surface area contributed by atoms with E-state index in [4.69, 9.17) is 15.2 Å². The van der Waals surface area contributed by atoms with E-state index in [1.54, 1.807) is 7.11 Å². The zero-order chi connectivity index (χ0) is 11.5. The molecule has 5 nitrogen and oxygen atoms in total. The van der Waals surface area contributed by atoms with Gasteiger partial charge in [0.2, 0.25) is 5.91 Å². The summed E-state index contributed by atoms with van der Waals surface area (Å²) in [5, 5.41) is 2.79. The first kappa shape index (κ1) is 14.3. The molecular weight excluding hydrogens is 196 g/mol. The Morgan fingerprint density at radius 1 is 1.40 bits per heavy atom. The Bertz CT molecular complexity index is 165. The maximum atomic E-state index is 11.3. The zero-order valence-electron chi connectivity index (χ0n) is 9.62. The van der Waals surface area contributed by atoms with Crippen molar-refractivity contribution in [2.75, 3.05) is 40.0 Å². The summed E-state index contributed by atoms with van der Waals surface area (Å²) in [6.45, 7) is 4.68. The molecule has 0 aromatic rings. The molecule has 0 aliphatic rings. The smallest absolute Gasteiger partial charge is 0.224 e. The number of carbonyl (C=O) groups excluding carboxylic acids is 1. The lowest BCUT2D eigenvalue weighted by Crippen LogP contribution is -2.34. The Morgan fingerprint density at radius 2 is 2.13 bits per heavy atom. The minimum absolute atomic E-state index is 0.00870. The van der Waals surface area contributed by atoms with Crippen LogP contribution in [0.5, 0.6) is 0 Å². The van der Waals surface area contributed by atoms with E-state index >= 15 is 0 Å². The Hall–Kier alpha value is -0.650. The van der Waals surface area contributed by atoms with Crippen molar-refractivity contribution in [3.8, 4) is 0 Å². The van der Waals surface area contributed by atoms with Crippen LogP contribution in [0.4, 0.5) is 0 Å². The molecule has 0 spiro atoms. The fourth-order valence-corrected chi connectivity index (χ4v) is 0.911. The third-order valence-corrected chi connectivity index (χ3v) is 2.00. The SMILES string of the molecule is COCCOCCCNC(=O)C(C)CN. The highest BCUT2D eigenvalue weighted by atomic mass is 16.5. The molecule has 1 unspecified atom stereocenters. The molecule has 0 heterocycles. The molecular formula is C10H22N2O3. The number of nitrogens with two attached hydrogens (primary N) is 1. The van der Waals surface area contributed by atoms with E-state index in [2.05, 4.69) is 5.32 Å². The lowest BCUT2D eigenvalue weighted by atomic mass is 10.2. The maximum Gasteiger partial charge on any atom is 0.224 e. The molecule has 15 heavy (non-hydrogen) atoms. The molecule has 0 rings (SSSR count). The van der Waals surface area contributed by atoms with Crippen molar-refractivity contribution in [3.05, 3.63) is 0 Å². The molecule has 0 aliphatic carbocycles. The second-order valence-corrected chi connectivity index (χ2v) is 3.39. The molecule has 0 bridgehead atoms. The van der Waals surface area contributed by atoms with E-state index < -0.39 is 0 Å². The fraction of sp³-hybridized carbons (Fsp3) is 0.900. The van der Waals surface area contributed by atoms with Crippen molar-refractivity contribution in [1.82, 2.24) is 5.32 Å². The largest absolute Gasteiger partial charge is 0.382 e. The van der Waals surface area contributed by atoms with Crippen LogP contribution in [-0.2, 0) is 14.3 Å². The molecule has 90 valence electrons. The zero-order valence-corrected chi connectivity index (χ0v) is 9.62. The molecule has 5 heteroatoms. The summed E-state index contributed by atoms with van der Waals surface area (Å²) >= 11 is 0. The van der Waals surface area contributed by atoms with Crippen LogP contribution in [0, 0.1) is 5.92 Å². The van der Waals surface area contributed by atoms with Crippen LogP contribution < -0.4 is 11.1 Å². The highest BCUT2D eigenvalue weighted by Crippen LogP contribution is 1.90. The molecule has 0 aromatic heterocycles. The normalized spacial score (nSPS) is 12.5. The van der Waals surface area contributed by atoms with Gasteiger partial charge in [-0.2, -0.15) is 0 Å². The minimum Gasteiger partial charge on any atom is -0.382 e. The first-order chi connectivity index (χ1) is 7.22. The van der Waals surface area contributed by atoms with Crippen molar-refractivity contribution in [2.24, 2.45) is 11.7 Å². The third kappa shape index (κ3) is 8.35. The van der Waals surface area contributed by atoms with Gasteiger partial charge in [-0.25, -0.2) is 0 Å². The van der Waals surface area contributed by atoms with Crippen molar-refractivity contribution in [2.45, 2.75) is 13.3 Å². The van der Waals surface area contributed by atoms with Gasteiger partial charge in [0.05, 0.1) is 13.2 Å². The molecule has 3 N–H and O–H groups in total. The van der Waals surface area contributed by atoms with Crippen LogP contribution in [0.1, 0.15) is 13.3 Å². The van der Waals surface area contributed by atoms with Gasteiger partial charge in [0, 0.05) is 32.7 Å². The van der Waals surface area contributed by atoms with E-state index in [0.717, 1.165) is 6.42 Å². The number of amides is 1. The maximum absolute atomic E-state index is 11.3. The average molecular weight is 218 g/mol. The van der Waals surface area contributed by atoms with Crippen LogP contribution in [0.25, 0.3) is 0 Å². The molecule has 0 aliphatic heterocycles. The summed E-state index contributed by atoms with van der Waals surface area (Å²) in [7, 11) is 1.64. The van der Waals surface area contributed by atoms with Gasteiger partial charge >= 0.3 is 0 Å². The van der Waals surface area contributed by atoms with Crippen molar-refractivity contribution < 1.29 is 14.3 Å². The Morgan fingerprint density at radius 3 is 2.73 bits per heavy atom. The topological polar surface area (TPSA) is 73.6 Å². The van der Waals surface area contributed by atoms with Gasteiger partial charge in [-0.15, -0.1) is 0 Å². The van der Waals surface area contributed by atoms with Crippen molar-refractivity contribution in [1.29, 1.82) is 0 Å². The molecule has 1 amide bonds. The van der Waals surface area contributed by atoms with Crippen LogP contribution in [0.2, 0.25) is 0 Å². The second kappa shape index (κ2) is 9.89. The van der Waals surface area contributed by atoms with Gasteiger partial charge in [0.25, 0.3) is 0 Å². The number of nitrogens with one attached hydrogen (secondary N) is 1. The standard InChI is InChI=1S/C10H22N2O3/c1-9(8-11)10(13)12-4-3-5-15-7-6-14-2/h9H,3-8,11H2,1-2H3,(H,12,13). The minimum atomic E-state index is -0.112. The van der Waals surface area contributed by atoms with Crippen LogP contribution in [-0.4, -0.2) is 45.9 Å². The lowest BCUT2D eigenvalue weighted by molar-refractivity contribution is -0.124. The number of hydrogen-bond donors (Lipinski definition) is 2. The summed E-state index contributed by atoms with van der Waals surface area (Å²) in [6, 6.07) is 0. The summed E-state index contributed by atoms with van der Waals surface area (Å²) in [5.41, 5.74) is 5.36. The number of hydrogen-bond acceptors (Lipinski definition) is 4. The number of methoxy groups -OCH3 is 1. The van der Waals surface area contributed by atoms with E-state index in [0.29, 0.717) is 32.9 Å². The van der Waals surface area contributed by atoms with E-state index in [1.807, 2.05) is 6.92 Å². The van der Waals surface area contributed by atoms with Gasteiger partial charge in [0.15, 0.2) is 0 Å². The van der Waals surface area contributed by atoms with Gasteiger partial charge in [0.1, 0.15) is 0 Å². The van der Waals surface area contributed by atoms with Crippen molar-refractivity contribution >= 4 is 5.91 Å². The van der Waals surface area contributed by atoms with Crippen LogP contribution in [0.3, 0.4) is 0 Å². The van der Waals surface area contributed by atoms with E-state index in [9.17, 15) is 4.79 Å². The van der Waals surface area contributed by atoms with Crippen LogP contribution in [0.15, 0.2) is 0 Å². The second-order valence-electron chi connectivity index (χ2n) is 3.39. The van der Waals surface area contributed by atoms with Crippen molar-refractivity contribution in [3.63, 3.8) is 0 Å². The Labute approximate surface area is 91.3 Å². The van der Waals surface area contributed by atoms with E-state index in [-0.39, 0.29) is 11.8 Å².